The number of carbonyl (C=O) groups excluding carboxylic acids is 1. The van der Waals surface area contributed by atoms with Crippen molar-refractivity contribution in [2.75, 3.05) is 13.2 Å². The largest absolute Gasteiger partial charge is 0.494 e. The molecule has 1 aromatic heterocycles. The van der Waals surface area contributed by atoms with Crippen LogP contribution in [-0.4, -0.2) is 32.4 Å². The SMILES string of the molecule is CCOc1ccc(C(=O)c2cnc3ccc(Cl)cc3c2S(=O)(=O)c2ccc(OCC)cc2)cc1. The Hall–Kier alpha value is -3.42. The molecule has 4 rings (SSSR count). The number of hydrogen-bond donors (Lipinski definition) is 0. The van der Waals surface area contributed by atoms with Crippen molar-refractivity contribution >= 4 is 38.1 Å². The molecule has 0 N–H and O–H groups in total. The molecule has 0 spiro atoms. The smallest absolute Gasteiger partial charge is 0.208 e. The van der Waals surface area contributed by atoms with Crippen LogP contribution in [0.25, 0.3) is 10.9 Å². The molecule has 0 aliphatic heterocycles. The lowest BCUT2D eigenvalue weighted by molar-refractivity contribution is 0.103. The number of sulfone groups is 1. The van der Waals surface area contributed by atoms with E-state index in [0.717, 1.165) is 0 Å². The van der Waals surface area contributed by atoms with E-state index in [2.05, 4.69) is 4.98 Å². The molecule has 3 aromatic carbocycles. The Labute approximate surface area is 203 Å². The van der Waals surface area contributed by atoms with Gasteiger partial charge in [-0.25, -0.2) is 8.42 Å². The van der Waals surface area contributed by atoms with E-state index >= 15 is 0 Å². The summed E-state index contributed by atoms with van der Waals surface area (Å²) in [5, 5.41) is 0.612. The molecule has 0 atom stereocenters. The van der Waals surface area contributed by atoms with Crippen molar-refractivity contribution in [3.8, 4) is 11.5 Å². The number of halogens is 1. The number of hydrogen-bond acceptors (Lipinski definition) is 6. The maximum absolute atomic E-state index is 13.8. The molecule has 4 aromatic rings. The van der Waals surface area contributed by atoms with Gasteiger partial charge in [-0.2, -0.15) is 0 Å². The van der Waals surface area contributed by atoms with Gasteiger partial charge in [-0.15, -0.1) is 0 Å². The molecule has 0 amide bonds. The van der Waals surface area contributed by atoms with Crippen LogP contribution in [0.3, 0.4) is 0 Å². The highest BCUT2D eigenvalue weighted by atomic mass is 35.5. The van der Waals surface area contributed by atoms with E-state index in [0.29, 0.717) is 40.8 Å². The maximum Gasteiger partial charge on any atom is 0.208 e. The van der Waals surface area contributed by atoms with E-state index in [9.17, 15) is 13.2 Å². The Morgan fingerprint density at radius 1 is 0.882 bits per heavy atom. The first kappa shape index (κ1) is 23.7. The van der Waals surface area contributed by atoms with Gasteiger partial charge >= 0.3 is 0 Å². The molecule has 1 heterocycles. The van der Waals surface area contributed by atoms with Crippen molar-refractivity contribution in [3.05, 3.63) is 89.1 Å². The van der Waals surface area contributed by atoms with Crippen LogP contribution in [0.15, 0.2) is 82.7 Å². The Morgan fingerprint density at radius 2 is 1.47 bits per heavy atom. The second-order valence-electron chi connectivity index (χ2n) is 7.36. The normalized spacial score (nSPS) is 11.4. The van der Waals surface area contributed by atoms with E-state index < -0.39 is 15.6 Å². The van der Waals surface area contributed by atoms with Gasteiger partial charge in [0.25, 0.3) is 0 Å². The summed E-state index contributed by atoms with van der Waals surface area (Å²) in [4.78, 5) is 17.7. The van der Waals surface area contributed by atoms with Crippen molar-refractivity contribution in [2.45, 2.75) is 23.6 Å². The highest BCUT2D eigenvalue weighted by Gasteiger charge is 2.28. The molecule has 0 fully saturated rings. The highest BCUT2D eigenvalue weighted by molar-refractivity contribution is 7.91. The van der Waals surface area contributed by atoms with Crippen LogP contribution in [0.5, 0.6) is 11.5 Å². The Kier molecular flexibility index (Phi) is 6.86. The lowest BCUT2D eigenvalue weighted by Crippen LogP contribution is -2.13. The summed E-state index contributed by atoms with van der Waals surface area (Å²) in [5.41, 5.74) is 0.694. The molecule has 6 nitrogen and oxygen atoms in total. The molecule has 174 valence electrons. The molecule has 0 aliphatic carbocycles. The average molecular weight is 496 g/mol. The zero-order valence-corrected chi connectivity index (χ0v) is 20.2. The van der Waals surface area contributed by atoms with E-state index in [1.807, 2.05) is 13.8 Å². The maximum atomic E-state index is 13.8. The quantitative estimate of drug-likeness (QED) is 0.289. The van der Waals surface area contributed by atoms with Crippen LogP contribution in [0.2, 0.25) is 5.02 Å². The third kappa shape index (κ3) is 4.62. The number of fused-ring (bicyclic) bond motifs is 1. The van der Waals surface area contributed by atoms with Gasteiger partial charge in [-0.3, -0.25) is 9.78 Å². The first-order valence-electron chi connectivity index (χ1n) is 10.7. The molecular formula is C26H22ClNO5S. The van der Waals surface area contributed by atoms with Gasteiger partial charge in [-0.05, 0) is 80.6 Å². The molecule has 8 heteroatoms. The van der Waals surface area contributed by atoms with Gasteiger partial charge in [0, 0.05) is 22.2 Å². The molecule has 0 bridgehead atoms. The van der Waals surface area contributed by atoms with Crippen LogP contribution in [0.1, 0.15) is 29.8 Å². The second-order valence-corrected chi connectivity index (χ2v) is 9.68. The zero-order valence-electron chi connectivity index (χ0n) is 18.6. The summed E-state index contributed by atoms with van der Waals surface area (Å²) in [6.45, 7) is 4.66. The Morgan fingerprint density at radius 3 is 2.06 bits per heavy atom. The number of ketones is 1. The first-order valence-corrected chi connectivity index (χ1v) is 12.5. The third-order valence-corrected chi connectivity index (χ3v) is 7.27. The molecule has 34 heavy (non-hydrogen) atoms. The summed E-state index contributed by atoms with van der Waals surface area (Å²) >= 11 is 6.20. The summed E-state index contributed by atoms with van der Waals surface area (Å²) < 4.78 is 38.5. The van der Waals surface area contributed by atoms with Gasteiger partial charge in [0.2, 0.25) is 9.84 Å². The summed E-state index contributed by atoms with van der Waals surface area (Å²) in [6.07, 6.45) is 1.30. The number of benzene rings is 3. The average Bonchev–Trinajstić information content (AvgIpc) is 2.84. The minimum Gasteiger partial charge on any atom is -0.494 e. The number of pyridine rings is 1. The van der Waals surface area contributed by atoms with Gasteiger partial charge in [-0.1, -0.05) is 11.6 Å². The number of rotatable bonds is 8. The van der Waals surface area contributed by atoms with Gasteiger partial charge in [0.15, 0.2) is 5.78 Å². The van der Waals surface area contributed by atoms with Crippen molar-refractivity contribution < 1.29 is 22.7 Å². The van der Waals surface area contributed by atoms with Crippen LogP contribution in [0, 0.1) is 0 Å². The zero-order chi connectivity index (χ0) is 24.3. The third-order valence-electron chi connectivity index (χ3n) is 5.17. The molecule has 0 unspecified atom stereocenters. The number of carbonyl (C=O) groups is 1. The minimum atomic E-state index is -4.11. The highest BCUT2D eigenvalue weighted by Crippen LogP contribution is 2.34. The molecular weight excluding hydrogens is 474 g/mol. The predicted octanol–water partition coefficient (Wildman–Crippen LogP) is 5.75. The Bertz CT molecular complexity index is 1450. The molecule has 0 radical (unpaired) electrons. The van der Waals surface area contributed by atoms with Gasteiger partial charge in [0.05, 0.1) is 34.1 Å². The monoisotopic (exact) mass is 495 g/mol. The number of nitrogens with zero attached hydrogens (tertiary/aromatic N) is 1. The summed E-state index contributed by atoms with van der Waals surface area (Å²) in [5.74, 6) is 0.696. The number of ether oxygens (including phenoxy) is 2. The van der Waals surface area contributed by atoms with E-state index in [4.69, 9.17) is 21.1 Å². The topological polar surface area (TPSA) is 82.6 Å². The lowest BCUT2D eigenvalue weighted by atomic mass is 10.0. The fourth-order valence-corrected chi connectivity index (χ4v) is 5.41. The number of aromatic nitrogens is 1. The molecule has 0 saturated carbocycles. The van der Waals surface area contributed by atoms with E-state index in [1.165, 1.54) is 24.4 Å². The van der Waals surface area contributed by atoms with Crippen molar-refractivity contribution in [3.63, 3.8) is 0 Å². The summed E-state index contributed by atoms with van der Waals surface area (Å²) in [7, 11) is -4.11. The second kappa shape index (κ2) is 9.83. The van der Waals surface area contributed by atoms with Crippen LogP contribution in [-0.2, 0) is 9.84 Å². The standard InChI is InChI=1S/C26H22ClNO5S/c1-3-32-19-8-5-17(6-9-19)25(29)23-16-28-24-14-7-18(27)15-22(24)26(23)34(30,31)21-12-10-20(11-13-21)33-4-2/h5-16H,3-4H2,1-2H3. The van der Waals surface area contributed by atoms with Crippen molar-refractivity contribution in [2.24, 2.45) is 0 Å². The predicted molar refractivity (Wildman–Crippen MR) is 131 cm³/mol. The molecule has 0 aliphatic rings. The van der Waals surface area contributed by atoms with Gasteiger partial charge in [0.1, 0.15) is 11.5 Å². The van der Waals surface area contributed by atoms with Crippen LogP contribution >= 0.6 is 11.6 Å². The Balaban J connectivity index is 1.90. The van der Waals surface area contributed by atoms with Gasteiger partial charge < -0.3 is 9.47 Å². The van der Waals surface area contributed by atoms with E-state index in [1.54, 1.807) is 48.5 Å². The first-order chi connectivity index (χ1) is 16.3. The van der Waals surface area contributed by atoms with Crippen molar-refractivity contribution in [1.82, 2.24) is 4.98 Å². The van der Waals surface area contributed by atoms with E-state index in [-0.39, 0.29) is 20.7 Å². The van der Waals surface area contributed by atoms with Crippen molar-refractivity contribution in [1.29, 1.82) is 0 Å². The fourth-order valence-electron chi connectivity index (χ4n) is 3.62. The molecule has 0 saturated heterocycles. The lowest BCUT2D eigenvalue weighted by Gasteiger charge is -2.14. The fraction of sp³-hybridized carbons (Fsp3) is 0.154. The summed E-state index contributed by atoms with van der Waals surface area (Å²) in [6, 6.07) is 17.4. The van der Waals surface area contributed by atoms with Crippen LogP contribution in [0.4, 0.5) is 0 Å². The minimum absolute atomic E-state index is 0.0316. The van der Waals surface area contributed by atoms with Crippen LogP contribution < -0.4 is 9.47 Å².